The van der Waals surface area contributed by atoms with Crippen molar-refractivity contribution in [3.05, 3.63) is 241 Å². The van der Waals surface area contributed by atoms with Gasteiger partial charge in [-0.3, -0.25) is 0 Å². The van der Waals surface area contributed by atoms with E-state index >= 15 is 0 Å². The fourth-order valence-corrected chi connectivity index (χ4v) is 9.32. The van der Waals surface area contributed by atoms with Gasteiger partial charge >= 0.3 is 0 Å². The van der Waals surface area contributed by atoms with Crippen molar-refractivity contribution in [2.45, 2.75) is 0 Å². The van der Waals surface area contributed by atoms with Crippen LogP contribution in [0.3, 0.4) is 0 Å². The van der Waals surface area contributed by atoms with Crippen LogP contribution in [0.15, 0.2) is 218 Å². The Kier molecular flexibility index (Phi) is 10.9. The molecule has 0 N–H and O–H groups in total. The van der Waals surface area contributed by atoms with Crippen molar-refractivity contribution in [2.75, 3.05) is 4.90 Å². The summed E-state index contributed by atoms with van der Waals surface area (Å²) in [6.07, 6.45) is 0. The summed E-state index contributed by atoms with van der Waals surface area (Å²) in [7, 11) is 0. The molecule has 0 saturated heterocycles. The quantitative estimate of drug-likeness (QED) is 0.141. The van der Waals surface area contributed by atoms with Gasteiger partial charge in [-0.2, -0.15) is 21.0 Å². The zero-order valence-corrected chi connectivity index (χ0v) is 37.4. The van der Waals surface area contributed by atoms with Crippen LogP contribution in [0, 0.1) is 45.3 Å². The Balaban J connectivity index is 0.936. The number of nitrogens with zero attached hydrogens (tertiary/aromatic N) is 8. The Morgan fingerprint density at radius 1 is 0.357 bits per heavy atom. The number of nitriles is 4. The van der Waals surface area contributed by atoms with E-state index in [0.717, 1.165) is 66.8 Å². The first-order valence-electron chi connectivity index (χ1n) is 22.5. The van der Waals surface area contributed by atoms with Crippen LogP contribution in [0.1, 0.15) is 22.3 Å². The number of benzene rings is 9. The lowest BCUT2D eigenvalue weighted by Crippen LogP contribution is -2.09. The summed E-state index contributed by atoms with van der Waals surface area (Å²) in [5.74, 6) is 0.362. The van der Waals surface area contributed by atoms with E-state index in [1.807, 2.05) is 109 Å². The van der Waals surface area contributed by atoms with Gasteiger partial charge in [-0.15, -0.1) is 0 Å². The van der Waals surface area contributed by atoms with Crippen LogP contribution in [0.5, 0.6) is 0 Å². The molecule has 8 heteroatoms. The third-order valence-electron chi connectivity index (χ3n) is 12.6. The van der Waals surface area contributed by atoms with E-state index in [9.17, 15) is 21.0 Å². The lowest BCUT2D eigenvalue weighted by molar-refractivity contribution is 1.18. The van der Waals surface area contributed by atoms with Crippen molar-refractivity contribution in [3.8, 4) is 86.1 Å². The van der Waals surface area contributed by atoms with Gasteiger partial charge in [0.15, 0.2) is 5.82 Å². The number of fused-ring (bicyclic) bond motifs is 3. The average Bonchev–Trinajstić information content (AvgIpc) is 3.76. The van der Waals surface area contributed by atoms with E-state index in [0.29, 0.717) is 56.2 Å². The number of anilines is 3. The molecular formula is C62H36N8. The van der Waals surface area contributed by atoms with Crippen molar-refractivity contribution in [2.24, 2.45) is 0 Å². The molecule has 8 nitrogen and oxygen atoms in total. The van der Waals surface area contributed by atoms with Gasteiger partial charge in [-0.05, 0) is 114 Å². The van der Waals surface area contributed by atoms with Gasteiger partial charge in [0.05, 0.1) is 69.0 Å². The Morgan fingerprint density at radius 3 is 1.51 bits per heavy atom. The zero-order chi connectivity index (χ0) is 47.6. The molecule has 324 valence electrons. The maximum Gasteiger partial charge on any atom is 0.161 e. The standard InChI is InChI=1S/C62H36N8/c63-37-44-13-7-9-19-53(44)58-36-57(67-62(68-58)54-20-10-8-14-45(54)38-64)42-25-23-41(24-26-42)46-33-47(39-65)61(48(34-46)40-66)43-27-29-51(30-28-43)70-59-22-12-11-21-55(59)56-35-52(31-32-60(56)70)69(49-15-3-1-4-16-49)50-17-5-2-6-18-50/h1-36H. The van der Waals surface area contributed by atoms with Gasteiger partial charge in [-0.25, -0.2) is 9.97 Å². The molecule has 0 aliphatic carbocycles. The maximum atomic E-state index is 10.6. The molecule has 0 aliphatic rings. The fourth-order valence-electron chi connectivity index (χ4n) is 9.32. The molecule has 0 saturated carbocycles. The first-order valence-corrected chi connectivity index (χ1v) is 22.5. The minimum Gasteiger partial charge on any atom is -0.310 e. The molecule has 0 aliphatic heterocycles. The molecule has 0 radical (unpaired) electrons. The van der Waals surface area contributed by atoms with E-state index in [4.69, 9.17) is 9.97 Å². The van der Waals surface area contributed by atoms with E-state index in [1.54, 1.807) is 18.2 Å². The third-order valence-corrected chi connectivity index (χ3v) is 12.6. The fraction of sp³-hybridized carbons (Fsp3) is 0. The van der Waals surface area contributed by atoms with E-state index in [-0.39, 0.29) is 0 Å². The van der Waals surface area contributed by atoms with E-state index < -0.39 is 0 Å². The van der Waals surface area contributed by atoms with Crippen LogP contribution in [0.25, 0.3) is 83.6 Å². The molecular weight excluding hydrogens is 857 g/mol. The second-order valence-corrected chi connectivity index (χ2v) is 16.6. The van der Waals surface area contributed by atoms with Crippen molar-refractivity contribution in [1.29, 1.82) is 21.0 Å². The highest BCUT2D eigenvalue weighted by Crippen LogP contribution is 2.41. The molecule has 70 heavy (non-hydrogen) atoms. The predicted molar refractivity (Wildman–Crippen MR) is 277 cm³/mol. The summed E-state index contributed by atoms with van der Waals surface area (Å²) in [6, 6.07) is 80.8. The first-order chi connectivity index (χ1) is 34.5. The number of rotatable bonds is 9. The second-order valence-electron chi connectivity index (χ2n) is 16.6. The van der Waals surface area contributed by atoms with Gasteiger partial charge in [0, 0.05) is 55.8 Å². The highest BCUT2D eigenvalue weighted by atomic mass is 15.1. The molecule has 11 rings (SSSR count). The van der Waals surface area contributed by atoms with Crippen molar-refractivity contribution >= 4 is 38.9 Å². The minimum atomic E-state index is 0.362. The average molecular weight is 893 g/mol. The second kappa shape index (κ2) is 18.1. The molecule has 2 heterocycles. The summed E-state index contributed by atoms with van der Waals surface area (Å²) >= 11 is 0. The molecule has 0 fully saturated rings. The Bertz CT molecular complexity index is 3830. The Morgan fingerprint density at radius 2 is 0.871 bits per heavy atom. The van der Waals surface area contributed by atoms with E-state index in [1.165, 1.54) is 0 Å². The maximum absolute atomic E-state index is 10.6. The monoisotopic (exact) mass is 892 g/mol. The van der Waals surface area contributed by atoms with Crippen molar-refractivity contribution in [1.82, 2.24) is 14.5 Å². The summed E-state index contributed by atoms with van der Waals surface area (Å²) < 4.78 is 2.26. The highest BCUT2D eigenvalue weighted by Gasteiger charge is 2.20. The summed E-state index contributed by atoms with van der Waals surface area (Å²) in [6.45, 7) is 0. The largest absolute Gasteiger partial charge is 0.310 e. The lowest BCUT2D eigenvalue weighted by atomic mass is 9.90. The van der Waals surface area contributed by atoms with Crippen LogP contribution in [-0.4, -0.2) is 14.5 Å². The topological polar surface area (TPSA) is 129 Å². The SMILES string of the molecule is N#Cc1ccccc1-c1cc(-c2ccc(-c3cc(C#N)c(-c4ccc(-n5c6ccccc6c6cc(N(c7ccccc7)c7ccccc7)ccc65)cc4)c(C#N)c3)cc2)nc(-c2ccccc2C#N)n1. The van der Waals surface area contributed by atoms with Gasteiger partial charge in [0.2, 0.25) is 0 Å². The van der Waals surface area contributed by atoms with Crippen LogP contribution in [0.4, 0.5) is 17.1 Å². The van der Waals surface area contributed by atoms with Gasteiger partial charge in [0.1, 0.15) is 0 Å². The molecule has 0 spiro atoms. The summed E-state index contributed by atoms with van der Waals surface area (Å²) in [5, 5.41) is 43.3. The molecule has 9 aromatic carbocycles. The third kappa shape index (κ3) is 7.63. The smallest absolute Gasteiger partial charge is 0.161 e. The number of hydrogen-bond donors (Lipinski definition) is 0. The first kappa shape index (κ1) is 42.3. The summed E-state index contributed by atoms with van der Waals surface area (Å²) in [4.78, 5) is 12.0. The number of aromatic nitrogens is 3. The van der Waals surface area contributed by atoms with Crippen LogP contribution < -0.4 is 4.90 Å². The van der Waals surface area contributed by atoms with Gasteiger partial charge in [-0.1, -0.05) is 121 Å². The number of hydrogen-bond acceptors (Lipinski definition) is 7. The molecule has 0 amide bonds. The molecule has 0 atom stereocenters. The lowest BCUT2D eigenvalue weighted by Gasteiger charge is -2.25. The normalized spacial score (nSPS) is 10.8. The van der Waals surface area contributed by atoms with Gasteiger partial charge in [0.25, 0.3) is 0 Å². The molecule has 0 unspecified atom stereocenters. The summed E-state index contributed by atoms with van der Waals surface area (Å²) in [5.41, 5.74) is 13.9. The van der Waals surface area contributed by atoms with Crippen molar-refractivity contribution < 1.29 is 0 Å². The predicted octanol–water partition coefficient (Wildman–Crippen LogP) is 14.9. The van der Waals surface area contributed by atoms with Crippen LogP contribution in [0.2, 0.25) is 0 Å². The minimum absolute atomic E-state index is 0.362. The molecule has 2 aromatic heterocycles. The Labute approximate surface area is 404 Å². The van der Waals surface area contributed by atoms with Crippen LogP contribution in [-0.2, 0) is 0 Å². The molecule has 11 aromatic rings. The molecule has 0 bridgehead atoms. The van der Waals surface area contributed by atoms with Crippen LogP contribution >= 0.6 is 0 Å². The van der Waals surface area contributed by atoms with Crippen molar-refractivity contribution in [3.63, 3.8) is 0 Å². The number of para-hydroxylation sites is 3. The Hall–Kier alpha value is -10.4. The van der Waals surface area contributed by atoms with E-state index in [2.05, 4.69) is 125 Å². The van der Waals surface area contributed by atoms with Gasteiger partial charge < -0.3 is 9.47 Å². The zero-order valence-electron chi connectivity index (χ0n) is 37.4. The highest BCUT2D eigenvalue weighted by molar-refractivity contribution is 6.10.